The van der Waals surface area contributed by atoms with Crippen LogP contribution < -0.4 is 5.32 Å². The maximum absolute atomic E-state index is 12.5. The Labute approximate surface area is 125 Å². The molecule has 0 amide bonds. The van der Waals surface area contributed by atoms with E-state index in [1.54, 1.807) is 6.07 Å². The van der Waals surface area contributed by atoms with Crippen molar-refractivity contribution >= 4 is 15.5 Å². The van der Waals surface area contributed by atoms with Gasteiger partial charge in [0.15, 0.2) is 9.84 Å². The second-order valence-electron chi connectivity index (χ2n) is 5.40. The molecule has 3 nitrogen and oxygen atoms in total. The first-order valence-electron chi connectivity index (χ1n) is 7.29. The molecule has 1 heterocycles. The van der Waals surface area contributed by atoms with Gasteiger partial charge in [0.1, 0.15) is 0 Å². The van der Waals surface area contributed by atoms with Gasteiger partial charge in [-0.1, -0.05) is 30.3 Å². The highest BCUT2D eigenvalue weighted by Crippen LogP contribution is 2.25. The van der Waals surface area contributed by atoms with Gasteiger partial charge in [0.2, 0.25) is 0 Å². The molecule has 0 aromatic heterocycles. The zero-order chi connectivity index (χ0) is 14.7. The highest BCUT2D eigenvalue weighted by Gasteiger charge is 2.17. The summed E-state index contributed by atoms with van der Waals surface area (Å²) in [5.41, 5.74) is 3.24. The van der Waals surface area contributed by atoms with Gasteiger partial charge in [-0.2, -0.15) is 0 Å². The summed E-state index contributed by atoms with van der Waals surface area (Å²) in [4.78, 5) is 0.445. The fourth-order valence-electron chi connectivity index (χ4n) is 2.66. The van der Waals surface area contributed by atoms with E-state index in [2.05, 4.69) is 5.32 Å². The second kappa shape index (κ2) is 5.90. The van der Waals surface area contributed by atoms with E-state index in [9.17, 15) is 8.42 Å². The van der Waals surface area contributed by atoms with E-state index in [1.165, 1.54) is 0 Å². The maximum atomic E-state index is 12.5. The molecule has 0 unspecified atom stereocenters. The number of hydrogen-bond acceptors (Lipinski definition) is 3. The fraction of sp³-hybridized carbons (Fsp3) is 0.294. The molecule has 0 atom stereocenters. The molecule has 0 saturated carbocycles. The van der Waals surface area contributed by atoms with Crippen LogP contribution in [0.1, 0.15) is 17.5 Å². The van der Waals surface area contributed by atoms with Crippen LogP contribution in [0.5, 0.6) is 0 Å². The average molecular weight is 301 g/mol. The zero-order valence-electron chi connectivity index (χ0n) is 11.9. The molecule has 1 N–H and O–H groups in total. The minimum atomic E-state index is -3.22. The topological polar surface area (TPSA) is 46.2 Å². The lowest BCUT2D eigenvalue weighted by Crippen LogP contribution is -2.14. The fourth-order valence-corrected chi connectivity index (χ4v) is 4.00. The van der Waals surface area contributed by atoms with Crippen molar-refractivity contribution in [1.82, 2.24) is 0 Å². The van der Waals surface area contributed by atoms with E-state index in [0.717, 1.165) is 36.2 Å². The van der Waals surface area contributed by atoms with Crippen LogP contribution in [0.15, 0.2) is 53.4 Å². The minimum Gasteiger partial charge on any atom is -0.385 e. The summed E-state index contributed by atoms with van der Waals surface area (Å²) >= 11 is 0. The number of rotatable bonds is 4. The molecule has 0 saturated heterocycles. The summed E-state index contributed by atoms with van der Waals surface area (Å²) in [7, 11) is -3.22. The summed E-state index contributed by atoms with van der Waals surface area (Å²) in [6.45, 7) is 0.965. The molecule has 1 aliphatic heterocycles. The Balaban J connectivity index is 1.78. The van der Waals surface area contributed by atoms with Crippen LogP contribution in [-0.4, -0.2) is 20.7 Å². The number of aryl methyl sites for hydroxylation is 2. The van der Waals surface area contributed by atoms with E-state index in [1.807, 2.05) is 42.5 Å². The SMILES string of the molecule is O=S(=O)(CCc1ccccc1)c1ccc2c(c1)CCCN2. The third-order valence-corrected chi connectivity index (χ3v) is 5.59. The van der Waals surface area contributed by atoms with Crippen LogP contribution in [0, 0.1) is 0 Å². The van der Waals surface area contributed by atoms with Crippen molar-refractivity contribution in [3.05, 3.63) is 59.7 Å². The third-order valence-electron chi connectivity index (χ3n) is 3.88. The number of benzene rings is 2. The van der Waals surface area contributed by atoms with Crippen molar-refractivity contribution in [2.75, 3.05) is 17.6 Å². The van der Waals surface area contributed by atoms with Crippen molar-refractivity contribution in [3.63, 3.8) is 0 Å². The lowest BCUT2D eigenvalue weighted by atomic mass is 10.0. The summed E-state index contributed by atoms with van der Waals surface area (Å²) < 4.78 is 24.9. The van der Waals surface area contributed by atoms with Crippen LogP contribution in [0.4, 0.5) is 5.69 Å². The molecule has 21 heavy (non-hydrogen) atoms. The van der Waals surface area contributed by atoms with Crippen LogP contribution in [0.3, 0.4) is 0 Å². The number of sulfone groups is 1. The molecule has 2 aromatic rings. The number of hydrogen-bond donors (Lipinski definition) is 1. The van der Waals surface area contributed by atoms with Gasteiger partial charge >= 0.3 is 0 Å². The zero-order valence-corrected chi connectivity index (χ0v) is 12.7. The second-order valence-corrected chi connectivity index (χ2v) is 7.51. The van der Waals surface area contributed by atoms with E-state index in [4.69, 9.17) is 0 Å². The van der Waals surface area contributed by atoms with Crippen LogP contribution in [0.2, 0.25) is 0 Å². The molecular weight excluding hydrogens is 282 g/mol. The monoisotopic (exact) mass is 301 g/mol. The van der Waals surface area contributed by atoms with Crippen molar-refractivity contribution < 1.29 is 8.42 Å². The Morgan fingerprint density at radius 2 is 1.86 bits per heavy atom. The summed E-state index contributed by atoms with van der Waals surface area (Å²) in [6.07, 6.45) is 2.56. The average Bonchev–Trinajstić information content (AvgIpc) is 2.53. The molecule has 4 heteroatoms. The Kier molecular flexibility index (Phi) is 3.97. The van der Waals surface area contributed by atoms with Crippen molar-refractivity contribution in [2.45, 2.75) is 24.2 Å². The standard InChI is InChI=1S/C17H19NO2S/c19-21(20,12-10-14-5-2-1-3-6-14)16-8-9-17-15(13-16)7-4-11-18-17/h1-3,5-6,8-9,13,18H,4,7,10-12H2. The van der Waals surface area contributed by atoms with Crippen molar-refractivity contribution in [3.8, 4) is 0 Å². The maximum Gasteiger partial charge on any atom is 0.178 e. The van der Waals surface area contributed by atoms with Gasteiger partial charge in [-0.05, 0) is 48.6 Å². The quantitative estimate of drug-likeness (QED) is 0.944. The summed E-state index contributed by atoms with van der Waals surface area (Å²) in [5, 5.41) is 3.30. The Bertz CT molecular complexity index is 724. The van der Waals surface area contributed by atoms with Gasteiger partial charge in [-0.15, -0.1) is 0 Å². The third kappa shape index (κ3) is 3.27. The molecule has 0 aliphatic carbocycles. The van der Waals surface area contributed by atoms with Gasteiger partial charge < -0.3 is 5.32 Å². The number of nitrogens with one attached hydrogen (secondary N) is 1. The van der Waals surface area contributed by atoms with E-state index in [-0.39, 0.29) is 5.75 Å². The van der Waals surface area contributed by atoms with Crippen LogP contribution in [0.25, 0.3) is 0 Å². The molecule has 2 aromatic carbocycles. The highest BCUT2D eigenvalue weighted by atomic mass is 32.2. The van der Waals surface area contributed by atoms with Gasteiger partial charge in [0, 0.05) is 12.2 Å². The van der Waals surface area contributed by atoms with E-state index >= 15 is 0 Å². The van der Waals surface area contributed by atoms with E-state index < -0.39 is 9.84 Å². The lowest BCUT2D eigenvalue weighted by molar-refractivity contribution is 0.595. The molecule has 110 valence electrons. The lowest BCUT2D eigenvalue weighted by Gasteiger charge is -2.18. The minimum absolute atomic E-state index is 0.156. The van der Waals surface area contributed by atoms with Gasteiger partial charge in [0.05, 0.1) is 10.6 Å². The predicted molar refractivity (Wildman–Crippen MR) is 85.5 cm³/mol. The molecule has 3 rings (SSSR count). The van der Waals surface area contributed by atoms with Crippen LogP contribution in [-0.2, 0) is 22.7 Å². The largest absolute Gasteiger partial charge is 0.385 e. The van der Waals surface area contributed by atoms with Gasteiger partial charge in [0.25, 0.3) is 0 Å². The van der Waals surface area contributed by atoms with Crippen molar-refractivity contribution in [2.24, 2.45) is 0 Å². The molecule has 0 radical (unpaired) electrons. The smallest absolute Gasteiger partial charge is 0.178 e. The molecular formula is C17H19NO2S. The Morgan fingerprint density at radius 3 is 2.67 bits per heavy atom. The molecule has 0 fully saturated rings. The molecule has 0 bridgehead atoms. The molecule has 0 spiro atoms. The number of anilines is 1. The summed E-state index contributed by atoms with van der Waals surface area (Å²) in [5.74, 6) is 0.156. The highest BCUT2D eigenvalue weighted by molar-refractivity contribution is 7.91. The van der Waals surface area contributed by atoms with E-state index in [0.29, 0.717) is 11.3 Å². The van der Waals surface area contributed by atoms with Crippen LogP contribution >= 0.6 is 0 Å². The first-order valence-corrected chi connectivity index (χ1v) is 8.94. The normalized spacial score (nSPS) is 14.3. The van der Waals surface area contributed by atoms with Gasteiger partial charge in [-0.3, -0.25) is 0 Å². The Hall–Kier alpha value is -1.81. The Morgan fingerprint density at radius 1 is 1.05 bits per heavy atom. The predicted octanol–water partition coefficient (Wildman–Crippen LogP) is 3.06. The number of fused-ring (bicyclic) bond motifs is 1. The first kappa shape index (κ1) is 14.1. The first-order chi connectivity index (χ1) is 10.1. The van der Waals surface area contributed by atoms with Crippen molar-refractivity contribution in [1.29, 1.82) is 0 Å². The van der Waals surface area contributed by atoms with Gasteiger partial charge in [-0.25, -0.2) is 8.42 Å². The molecule has 1 aliphatic rings. The summed E-state index contributed by atoms with van der Waals surface area (Å²) in [6, 6.07) is 15.2.